The van der Waals surface area contributed by atoms with Gasteiger partial charge in [0.1, 0.15) is 0 Å². The molecule has 0 aliphatic rings. The molecule has 0 N–H and O–H groups in total. The molecule has 1 rings (SSSR count). The molecule has 0 radical (unpaired) electrons. The Morgan fingerprint density at radius 2 is 1.88 bits per heavy atom. The zero-order valence-corrected chi connectivity index (χ0v) is 12.3. The minimum Gasteiger partial charge on any atom is -0.0654 e. The minimum atomic E-state index is 0.303. The first-order chi connectivity index (χ1) is 7.56. The van der Waals surface area contributed by atoms with Crippen LogP contribution >= 0.6 is 15.9 Å². The summed E-state index contributed by atoms with van der Waals surface area (Å²) in [6.45, 7) is 6.96. The number of hydrogen-bond acceptors (Lipinski definition) is 0. The van der Waals surface area contributed by atoms with Crippen molar-refractivity contribution in [1.82, 2.24) is 0 Å². The molecule has 0 fully saturated rings. The third-order valence-electron chi connectivity index (χ3n) is 3.26. The van der Waals surface area contributed by atoms with Crippen LogP contribution < -0.4 is 0 Å². The van der Waals surface area contributed by atoms with E-state index in [9.17, 15) is 0 Å². The Morgan fingerprint density at radius 1 is 1.12 bits per heavy atom. The molecule has 16 heavy (non-hydrogen) atoms. The summed E-state index contributed by atoms with van der Waals surface area (Å²) >= 11 is 3.55. The van der Waals surface area contributed by atoms with Gasteiger partial charge in [-0.05, 0) is 29.5 Å². The van der Waals surface area contributed by atoms with E-state index < -0.39 is 0 Å². The highest BCUT2D eigenvalue weighted by molar-refractivity contribution is 9.10. The van der Waals surface area contributed by atoms with Gasteiger partial charge in [-0.15, -0.1) is 0 Å². The first-order valence-electron chi connectivity index (χ1n) is 6.32. The van der Waals surface area contributed by atoms with Crippen molar-refractivity contribution in [3.05, 3.63) is 34.3 Å². The monoisotopic (exact) mass is 282 g/mol. The zero-order valence-electron chi connectivity index (χ0n) is 10.7. The van der Waals surface area contributed by atoms with E-state index in [1.165, 1.54) is 42.1 Å². The second kappa shape index (κ2) is 6.44. The molecule has 0 nitrogen and oxygen atoms in total. The maximum Gasteiger partial charge on any atom is 0.0178 e. The molecule has 0 aromatic heterocycles. The van der Waals surface area contributed by atoms with E-state index in [1.807, 2.05) is 0 Å². The topological polar surface area (TPSA) is 0 Å². The predicted octanol–water partition coefficient (Wildman–Crippen LogP) is 5.70. The normalized spacial score (nSPS) is 11.8. The second-order valence-electron chi connectivity index (χ2n) is 5.20. The third kappa shape index (κ3) is 4.29. The molecule has 0 amide bonds. The lowest BCUT2D eigenvalue weighted by atomic mass is 9.80. The molecular weight excluding hydrogens is 260 g/mol. The lowest BCUT2D eigenvalue weighted by Crippen LogP contribution is -2.16. The van der Waals surface area contributed by atoms with Gasteiger partial charge in [-0.1, -0.05) is 74.5 Å². The lowest BCUT2D eigenvalue weighted by Gasteiger charge is -2.25. The van der Waals surface area contributed by atoms with Gasteiger partial charge in [0.2, 0.25) is 0 Å². The van der Waals surface area contributed by atoms with Crippen molar-refractivity contribution in [3.63, 3.8) is 0 Å². The molecule has 1 aromatic carbocycles. The zero-order chi connectivity index (χ0) is 12.0. The van der Waals surface area contributed by atoms with Gasteiger partial charge in [-0.3, -0.25) is 0 Å². The van der Waals surface area contributed by atoms with Gasteiger partial charge in [0.05, 0.1) is 0 Å². The van der Waals surface area contributed by atoms with Crippen LogP contribution in [0.5, 0.6) is 0 Å². The average molecular weight is 283 g/mol. The summed E-state index contributed by atoms with van der Waals surface area (Å²) in [7, 11) is 0. The van der Waals surface area contributed by atoms with Crippen LogP contribution in [0, 0.1) is 0 Å². The van der Waals surface area contributed by atoms with Crippen molar-refractivity contribution in [2.24, 2.45) is 0 Å². The molecule has 0 heterocycles. The molecule has 0 unspecified atom stereocenters. The Bertz CT molecular complexity index is 315. The fraction of sp³-hybridized carbons (Fsp3) is 0.600. The fourth-order valence-electron chi connectivity index (χ4n) is 2.05. The van der Waals surface area contributed by atoms with Crippen molar-refractivity contribution < 1.29 is 0 Å². The van der Waals surface area contributed by atoms with Crippen LogP contribution in [0.15, 0.2) is 28.7 Å². The summed E-state index contributed by atoms with van der Waals surface area (Å²) in [5.41, 5.74) is 1.75. The third-order valence-corrected chi connectivity index (χ3v) is 3.75. The van der Waals surface area contributed by atoms with Gasteiger partial charge in [-0.2, -0.15) is 0 Å². The summed E-state index contributed by atoms with van der Waals surface area (Å²) in [4.78, 5) is 0. The number of benzene rings is 1. The highest BCUT2D eigenvalue weighted by atomic mass is 79.9. The molecular formula is C15H23Br. The van der Waals surface area contributed by atoms with Crippen molar-refractivity contribution in [3.8, 4) is 0 Å². The maximum absolute atomic E-state index is 3.55. The van der Waals surface area contributed by atoms with Crippen LogP contribution in [0.2, 0.25) is 0 Å². The van der Waals surface area contributed by atoms with Crippen LogP contribution in [-0.4, -0.2) is 0 Å². The summed E-state index contributed by atoms with van der Waals surface area (Å²) in [6.07, 6.45) is 6.68. The minimum absolute atomic E-state index is 0.303. The molecule has 90 valence electrons. The van der Waals surface area contributed by atoms with E-state index in [4.69, 9.17) is 0 Å². The van der Waals surface area contributed by atoms with Gasteiger partial charge in [0, 0.05) is 4.47 Å². The van der Waals surface area contributed by atoms with Gasteiger partial charge in [0.25, 0.3) is 0 Å². The first-order valence-corrected chi connectivity index (χ1v) is 7.11. The largest absolute Gasteiger partial charge is 0.0654 e. The molecule has 0 atom stereocenters. The molecule has 0 aliphatic carbocycles. The SMILES string of the molecule is CCCCCCC(C)(C)c1cccc(Br)c1. The van der Waals surface area contributed by atoms with Gasteiger partial charge in [0.15, 0.2) is 0 Å². The van der Waals surface area contributed by atoms with E-state index in [2.05, 4.69) is 61.0 Å². The molecule has 0 saturated carbocycles. The van der Waals surface area contributed by atoms with Crippen LogP contribution in [0.1, 0.15) is 58.4 Å². The van der Waals surface area contributed by atoms with Gasteiger partial charge < -0.3 is 0 Å². The van der Waals surface area contributed by atoms with E-state index in [0.717, 1.165) is 0 Å². The van der Waals surface area contributed by atoms with Gasteiger partial charge >= 0.3 is 0 Å². The molecule has 0 saturated heterocycles. The van der Waals surface area contributed by atoms with E-state index >= 15 is 0 Å². The molecule has 0 spiro atoms. The number of rotatable bonds is 6. The molecule has 0 bridgehead atoms. The fourth-order valence-corrected chi connectivity index (χ4v) is 2.45. The molecule has 1 aromatic rings. The highest BCUT2D eigenvalue weighted by Gasteiger charge is 2.19. The maximum atomic E-state index is 3.55. The number of hydrogen-bond donors (Lipinski definition) is 0. The van der Waals surface area contributed by atoms with Crippen LogP contribution in [-0.2, 0) is 5.41 Å². The summed E-state index contributed by atoms with van der Waals surface area (Å²) in [5.74, 6) is 0. The van der Waals surface area contributed by atoms with Crippen molar-refractivity contribution >= 4 is 15.9 Å². The first kappa shape index (κ1) is 13.8. The van der Waals surface area contributed by atoms with E-state index in [1.54, 1.807) is 0 Å². The Kier molecular flexibility index (Phi) is 5.54. The summed E-state index contributed by atoms with van der Waals surface area (Å²) in [5, 5.41) is 0. The molecule has 0 aliphatic heterocycles. The van der Waals surface area contributed by atoms with Crippen LogP contribution in [0.25, 0.3) is 0 Å². The molecule has 1 heteroatoms. The Balaban J connectivity index is 2.55. The average Bonchev–Trinajstić information content (AvgIpc) is 2.24. The Hall–Kier alpha value is -0.300. The quantitative estimate of drug-likeness (QED) is 0.588. The van der Waals surface area contributed by atoms with E-state index in [-0.39, 0.29) is 0 Å². The predicted molar refractivity (Wildman–Crippen MR) is 75.9 cm³/mol. The van der Waals surface area contributed by atoms with Crippen LogP contribution in [0.4, 0.5) is 0 Å². The summed E-state index contributed by atoms with van der Waals surface area (Å²) < 4.78 is 1.19. The second-order valence-corrected chi connectivity index (χ2v) is 6.12. The Morgan fingerprint density at radius 3 is 2.50 bits per heavy atom. The number of halogens is 1. The Labute approximate surface area is 109 Å². The standard InChI is InChI=1S/C15H23Br/c1-4-5-6-7-11-15(2,3)13-9-8-10-14(16)12-13/h8-10,12H,4-7,11H2,1-3H3. The van der Waals surface area contributed by atoms with Crippen molar-refractivity contribution in [2.75, 3.05) is 0 Å². The number of unbranched alkanes of at least 4 members (excludes halogenated alkanes) is 3. The van der Waals surface area contributed by atoms with E-state index in [0.29, 0.717) is 5.41 Å². The van der Waals surface area contributed by atoms with Gasteiger partial charge in [-0.25, -0.2) is 0 Å². The lowest BCUT2D eigenvalue weighted by molar-refractivity contribution is 0.446. The smallest absolute Gasteiger partial charge is 0.0178 e. The van der Waals surface area contributed by atoms with Crippen molar-refractivity contribution in [2.45, 2.75) is 58.3 Å². The van der Waals surface area contributed by atoms with Crippen LogP contribution in [0.3, 0.4) is 0 Å². The summed E-state index contributed by atoms with van der Waals surface area (Å²) in [6, 6.07) is 8.72. The highest BCUT2D eigenvalue weighted by Crippen LogP contribution is 2.30. The van der Waals surface area contributed by atoms with Crippen molar-refractivity contribution in [1.29, 1.82) is 0 Å².